The summed E-state index contributed by atoms with van der Waals surface area (Å²) >= 11 is 3.81. The Bertz CT molecular complexity index is 3130. The molecule has 0 amide bonds. The van der Waals surface area contributed by atoms with E-state index in [2.05, 4.69) is 180 Å². The van der Waals surface area contributed by atoms with E-state index in [0.717, 1.165) is 0 Å². The first kappa shape index (κ1) is 28.8. The average Bonchev–Trinajstić information content (AvgIpc) is 3.88. The van der Waals surface area contributed by atoms with Crippen molar-refractivity contribution in [2.45, 2.75) is 0 Å². The number of benzene rings is 8. The molecule has 51 heavy (non-hydrogen) atoms. The second-order valence-corrected chi connectivity index (χ2v) is 15.3. The quantitative estimate of drug-likeness (QED) is 0.174. The molecule has 0 aliphatic heterocycles. The molecular weight excluding hydrogens is 655 g/mol. The lowest BCUT2D eigenvalue weighted by atomic mass is 9.92. The Labute approximate surface area is 302 Å². The molecule has 0 saturated carbocycles. The smallest absolute Gasteiger partial charge is 0.0640 e. The van der Waals surface area contributed by atoms with Crippen LogP contribution >= 0.6 is 22.7 Å². The summed E-state index contributed by atoms with van der Waals surface area (Å²) in [5.74, 6) is 0. The van der Waals surface area contributed by atoms with Gasteiger partial charge in [-0.15, -0.1) is 22.7 Å². The van der Waals surface area contributed by atoms with Gasteiger partial charge in [0.15, 0.2) is 0 Å². The summed E-state index contributed by atoms with van der Waals surface area (Å²) in [7, 11) is 0. The molecule has 11 rings (SSSR count). The Kier molecular flexibility index (Phi) is 6.36. The van der Waals surface area contributed by atoms with Crippen LogP contribution in [0.5, 0.6) is 0 Å². The molecule has 0 radical (unpaired) electrons. The van der Waals surface area contributed by atoms with Gasteiger partial charge < -0.3 is 4.57 Å². The highest BCUT2D eigenvalue weighted by atomic mass is 32.1. The first-order chi connectivity index (χ1) is 25.3. The Morgan fingerprint density at radius 2 is 0.980 bits per heavy atom. The van der Waals surface area contributed by atoms with Gasteiger partial charge in [-0.2, -0.15) is 0 Å². The fourth-order valence-corrected chi connectivity index (χ4v) is 10.7. The molecule has 1 nitrogen and oxygen atoms in total. The first-order valence-corrected chi connectivity index (χ1v) is 19.0. The molecule has 0 aliphatic rings. The molecule has 3 heterocycles. The second-order valence-electron chi connectivity index (χ2n) is 13.2. The number of nitrogens with zero attached hydrogens (tertiary/aromatic N) is 1. The fraction of sp³-hybridized carbons (Fsp3) is 0. The maximum absolute atomic E-state index is 2.49. The minimum atomic E-state index is 1.22. The number of fused-ring (bicyclic) bond motifs is 9. The van der Waals surface area contributed by atoms with Crippen molar-refractivity contribution in [1.29, 1.82) is 0 Å². The Morgan fingerprint density at radius 1 is 0.333 bits per heavy atom. The van der Waals surface area contributed by atoms with Crippen LogP contribution in [0.3, 0.4) is 0 Å². The molecular formula is C48H29NS2. The van der Waals surface area contributed by atoms with Gasteiger partial charge in [-0.25, -0.2) is 0 Å². The number of thiophene rings is 2. The summed E-state index contributed by atoms with van der Waals surface area (Å²) in [4.78, 5) is 0. The van der Waals surface area contributed by atoms with Crippen LogP contribution in [0.25, 0.3) is 101 Å². The molecule has 0 bridgehead atoms. The predicted molar refractivity (Wildman–Crippen MR) is 223 cm³/mol. The third-order valence-electron chi connectivity index (χ3n) is 10.4. The van der Waals surface area contributed by atoms with Crippen molar-refractivity contribution in [3.8, 4) is 39.1 Å². The van der Waals surface area contributed by atoms with Crippen molar-refractivity contribution < 1.29 is 0 Å². The number of aromatic nitrogens is 1. The van der Waals surface area contributed by atoms with Gasteiger partial charge in [0.2, 0.25) is 0 Å². The molecule has 0 spiro atoms. The molecule has 0 unspecified atom stereocenters. The lowest BCUT2D eigenvalue weighted by Gasteiger charge is -2.12. The van der Waals surface area contributed by atoms with E-state index in [0.29, 0.717) is 0 Å². The summed E-state index contributed by atoms with van der Waals surface area (Å²) in [6, 6.07) is 64.7. The molecule has 238 valence electrons. The van der Waals surface area contributed by atoms with E-state index >= 15 is 0 Å². The predicted octanol–water partition coefficient (Wildman–Crippen LogP) is 14.5. The van der Waals surface area contributed by atoms with Crippen LogP contribution in [0.15, 0.2) is 176 Å². The molecule has 8 aromatic carbocycles. The average molecular weight is 684 g/mol. The van der Waals surface area contributed by atoms with Crippen molar-refractivity contribution in [2.75, 3.05) is 0 Å². The summed E-state index contributed by atoms with van der Waals surface area (Å²) in [6.07, 6.45) is 0. The van der Waals surface area contributed by atoms with E-state index in [1.165, 1.54) is 101 Å². The third-order valence-corrected chi connectivity index (χ3v) is 12.8. The number of hydrogen-bond donors (Lipinski definition) is 0. The van der Waals surface area contributed by atoms with Gasteiger partial charge in [-0.3, -0.25) is 0 Å². The van der Waals surface area contributed by atoms with Gasteiger partial charge in [-0.05, 0) is 69.8 Å². The zero-order valence-corrected chi connectivity index (χ0v) is 29.1. The lowest BCUT2D eigenvalue weighted by Crippen LogP contribution is -1.93. The van der Waals surface area contributed by atoms with Gasteiger partial charge in [-0.1, -0.05) is 140 Å². The van der Waals surface area contributed by atoms with Gasteiger partial charge in [0, 0.05) is 46.4 Å². The fourth-order valence-electron chi connectivity index (χ4n) is 8.17. The van der Waals surface area contributed by atoms with Crippen molar-refractivity contribution in [3.05, 3.63) is 176 Å². The van der Waals surface area contributed by atoms with Gasteiger partial charge in [0.1, 0.15) is 0 Å². The van der Waals surface area contributed by atoms with E-state index in [4.69, 9.17) is 0 Å². The highest BCUT2D eigenvalue weighted by molar-refractivity contribution is 7.27. The van der Waals surface area contributed by atoms with Crippen LogP contribution in [-0.2, 0) is 0 Å². The molecule has 0 aliphatic carbocycles. The second kappa shape index (κ2) is 11.3. The molecule has 0 saturated heterocycles. The van der Waals surface area contributed by atoms with Gasteiger partial charge in [0.05, 0.1) is 21.4 Å². The molecule has 3 heteroatoms. The van der Waals surface area contributed by atoms with E-state index in [-0.39, 0.29) is 0 Å². The zero-order chi connectivity index (χ0) is 33.5. The minimum absolute atomic E-state index is 1.22. The topological polar surface area (TPSA) is 4.93 Å². The SMILES string of the molecule is c1ccc(-c2ccc3c(c2)c2ccccc2n3-c2cccc3c2sc2c(-c4ccccc4)ccc(-c4cccc5sc6ccccc6c45)c23)cc1. The molecule has 11 aromatic rings. The normalized spacial score (nSPS) is 11.9. The highest BCUT2D eigenvalue weighted by Crippen LogP contribution is 2.50. The monoisotopic (exact) mass is 683 g/mol. The lowest BCUT2D eigenvalue weighted by molar-refractivity contribution is 1.20. The Morgan fingerprint density at radius 3 is 1.84 bits per heavy atom. The van der Waals surface area contributed by atoms with E-state index < -0.39 is 0 Å². The van der Waals surface area contributed by atoms with E-state index in [1.807, 2.05) is 22.7 Å². The van der Waals surface area contributed by atoms with Gasteiger partial charge >= 0.3 is 0 Å². The van der Waals surface area contributed by atoms with Crippen LogP contribution in [-0.4, -0.2) is 4.57 Å². The molecule has 3 aromatic heterocycles. The maximum atomic E-state index is 2.49. The number of rotatable bonds is 4. The van der Waals surface area contributed by atoms with Gasteiger partial charge in [0.25, 0.3) is 0 Å². The van der Waals surface area contributed by atoms with Crippen LogP contribution in [0.1, 0.15) is 0 Å². The third kappa shape index (κ3) is 4.32. The van der Waals surface area contributed by atoms with E-state index in [9.17, 15) is 0 Å². The van der Waals surface area contributed by atoms with Crippen molar-refractivity contribution in [2.24, 2.45) is 0 Å². The minimum Gasteiger partial charge on any atom is -0.308 e. The standard InChI is InChI=1S/C48H29NS2/c1-3-13-30(14-4-1)32-25-28-41-39(29-32)34-17-7-9-21-40(34)49(41)42-22-11-20-38-46-36(27-26-33(48(46)51-47(38)42)31-15-5-2-6-16-31)35-19-12-24-44-45(35)37-18-8-10-23-43(37)50-44/h1-29H. The number of para-hydroxylation sites is 1. The van der Waals surface area contributed by atoms with E-state index in [1.54, 1.807) is 0 Å². The summed E-state index contributed by atoms with van der Waals surface area (Å²) < 4.78 is 7.77. The van der Waals surface area contributed by atoms with Crippen LogP contribution < -0.4 is 0 Å². The van der Waals surface area contributed by atoms with Crippen molar-refractivity contribution in [3.63, 3.8) is 0 Å². The summed E-state index contributed by atoms with van der Waals surface area (Å²) in [5, 5.41) is 7.83. The molecule has 0 atom stereocenters. The summed E-state index contributed by atoms with van der Waals surface area (Å²) in [6.45, 7) is 0. The highest BCUT2D eigenvalue weighted by Gasteiger charge is 2.22. The molecule has 0 N–H and O–H groups in total. The van der Waals surface area contributed by atoms with Crippen LogP contribution in [0, 0.1) is 0 Å². The largest absolute Gasteiger partial charge is 0.308 e. The maximum Gasteiger partial charge on any atom is 0.0640 e. The van der Waals surface area contributed by atoms with Crippen LogP contribution in [0.4, 0.5) is 0 Å². The van der Waals surface area contributed by atoms with Crippen molar-refractivity contribution >= 4 is 84.8 Å². The Balaban J connectivity index is 1.24. The number of hydrogen-bond acceptors (Lipinski definition) is 2. The van der Waals surface area contributed by atoms with Crippen molar-refractivity contribution in [1.82, 2.24) is 4.57 Å². The summed E-state index contributed by atoms with van der Waals surface area (Å²) in [5.41, 5.74) is 11.2. The van der Waals surface area contributed by atoms with Crippen LogP contribution in [0.2, 0.25) is 0 Å². The zero-order valence-electron chi connectivity index (χ0n) is 27.5. The molecule has 0 fully saturated rings. The Hall–Kier alpha value is -6.00. The first-order valence-electron chi connectivity index (χ1n) is 17.4.